The first-order valence-electron chi connectivity index (χ1n) is 7.15. The zero-order chi connectivity index (χ0) is 18.3. The standard InChI is InChI=1S/C15H20ClF3N4O/c1-10(11-4-6-12(16)7-5-11)22-14(20-2)21-8-13(24)23(3)9-15(17,18)19/h4-7,10H,8-9H2,1-3H3,(H2,20,21,22). The van der Waals surface area contributed by atoms with Gasteiger partial charge in [0.05, 0.1) is 12.6 Å². The molecule has 0 bridgehead atoms. The maximum atomic E-state index is 12.3. The van der Waals surface area contributed by atoms with E-state index in [4.69, 9.17) is 11.6 Å². The van der Waals surface area contributed by atoms with Crippen LogP contribution in [0.15, 0.2) is 29.3 Å². The number of carbonyl (C=O) groups is 1. The van der Waals surface area contributed by atoms with Gasteiger partial charge in [-0.3, -0.25) is 9.79 Å². The SMILES string of the molecule is CN=C(NCC(=O)N(C)CC(F)(F)F)NC(C)c1ccc(Cl)cc1. The molecule has 24 heavy (non-hydrogen) atoms. The highest BCUT2D eigenvalue weighted by Gasteiger charge is 2.31. The molecule has 1 rings (SSSR count). The van der Waals surface area contributed by atoms with E-state index in [-0.39, 0.29) is 12.6 Å². The summed E-state index contributed by atoms with van der Waals surface area (Å²) in [7, 11) is 2.61. The van der Waals surface area contributed by atoms with Crippen LogP contribution in [0.5, 0.6) is 0 Å². The summed E-state index contributed by atoms with van der Waals surface area (Å²) in [6.07, 6.45) is -4.42. The zero-order valence-corrected chi connectivity index (χ0v) is 14.4. The number of amides is 1. The molecule has 9 heteroatoms. The largest absolute Gasteiger partial charge is 0.406 e. The second kappa shape index (κ2) is 8.77. The Hall–Kier alpha value is -1.96. The molecule has 134 valence electrons. The number of benzene rings is 1. The van der Waals surface area contributed by atoms with Gasteiger partial charge in [-0.25, -0.2) is 0 Å². The number of likely N-dealkylation sites (N-methyl/N-ethyl adjacent to an activating group) is 1. The third-order valence-corrected chi connectivity index (χ3v) is 3.45. The van der Waals surface area contributed by atoms with Crippen molar-refractivity contribution in [1.29, 1.82) is 0 Å². The molecule has 1 unspecified atom stereocenters. The molecule has 0 heterocycles. The number of aliphatic imine (C=N–C) groups is 1. The van der Waals surface area contributed by atoms with Crippen LogP contribution in [0, 0.1) is 0 Å². The van der Waals surface area contributed by atoms with Gasteiger partial charge in [-0.1, -0.05) is 23.7 Å². The first-order chi connectivity index (χ1) is 11.1. The van der Waals surface area contributed by atoms with Gasteiger partial charge in [0, 0.05) is 19.1 Å². The molecule has 1 atom stereocenters. The summed E-state index contributed by atoms with van der Waals surface area (Å²) in [6.45, 7) is 0.300. The Labute approximate surface area is 143 Å². The summed E-state index contributed by atoms with van der Waals surface area (Å²) in [4.78, 5) is 16.3. The van der Waals surface area contributed by atoms with Crippen molar-refractivity contribution >= 4 is 23.5 Å². The number of nitrogens with zero attached hydrogens (tertiary/aromatic N) is 2. The Balaban J connectivity index is 2.53. The molecular weight excluding hydrogens is 345 g/mol. The van der Waals surface area contributed by atoms with E-state index < -0.39 is 18.6 Å². The van der Waals surface area contributed by atoms with E-state index in [1.54, 1.807) is 12.1 Å². The number of alkyl halides is 3. The van der Waals surface area contributed by atoms with Crippen molar-refractivity contribution in [1.82, 2.24) is 15.5 Å². The maximum absolute atomic E-state index is 12.3. The van der Waals surface area contributed by atoms with Crippen LogP contribution in [0.25, 0.3) is 0 Å². The van der Waals surface area contributed by atoms with Crippen LogP contribution >= 0.6 is 11.6 Å². The number of rotatable bonds is 5. The minimum atomic E-state index is -4.42. The highest BCUT2D eigenvalue weighted by molar-refractivity contribution is 6.30. The molecule has 1 aromatic carbocycles. The minimum Gasteiger partial charge on any atom is -0.350 e. The van der Waals surface area contributed by atoms with E-state index in [2.05, 4.69) is 15.6 Å². The number of carbonyl (C=O) groups excluding carboxylic acids is 1. The van der Waals surface area contributed by atoms with Crippen molar-refractivity contribution in [3.05, 3.63) is 34.9 Å². The van der Waals surface area contributed by atoms with Gasteiger partial charge in [-0.2, -0.15) is 13.2 Å². The Morgan fingerprint density at radius 1 is 1.33 bits per heavy atom. The van der Waals surface area contributed by atoms with E-state index in [9.17, 15) is 18.0 Å². The van der Waals surface area contributed by atoms with Gasteiger partial charge >= 0.3 is 6.18 Å². The predicted octanol–water partition coefficient (Wildman–Crippen LogP) is 2.59. The van der Waals surface area contributed by atoms with Crippen molar-refractivity contribution in [2.75, 3.05) is 27.2 Å². The lowest BCUT2D eigenvalue weighted by atomic mass is 10.1. The molecule has 0 aliphatic rings. The number of guanidine groups is 1. The van der Waals surface area contributed by atoms with Gasteiger partial charge in [0.25, 0.3) is 0 Å². The Morgan fingerprint density at radius 2 is 1.92 bits per heavy atom. The van der Waals surface area contributed by atoms with Gasteiger partial charge in [-0.15, -0.1) is 0 Å². The molecule has 0 spiro atoms. The van der Waals surface area contributed by atoms with Gasteiger partial charge in [0.2, 0.25) is 5.91 Å². The quantitative estimate of drug-likeness (QED) is 0.623. The summed E-state index contributed by atoms with van der Waals surface area (Å²) in [5.41, 5.74) is 0.947. The van der Waals surface area contributed by atoms with Crippen LogP contribution in [-0.2, 0) is 4.79 Å². The van der Waals surface area contributed by atoms with Gasteiger partial charge in [-0.05, 0) is 24.6 Å². The molecule has 0 fully saturated rings. The molecule has 1 aromatic rings. The van der Waals surface area contributed by atoms with Crippen molar-refractivity contribution < 1.29 is 18.0 Å². The topological polar surface area (TPSA) is 56.7 Å². The van der Waals surface area contributed by atoms with E-state index in [1.807, 2.05) is 19.1 Å². The Morgan fingerprint density at radius 3 is 2.42 bits per heavy atom. The third kappa shape index (κ3) is 7.08. The van der Waals surface area contributed by atoms with Crippen molar-refractivity contribution in [3.8, 4) is 0 Å². The normalized spacial score (nSPS) is 13.4. The van der Waals surface area contributed by atoms with Crippen LogP contribution in [0.3, 0.4) is 0 Å². The first-order valence-corrected chi connectivity index (χ1v) is 7.53. The van der Waals surface area contributed by atoms with Crippen LogP contribution < -0.4 is 10.6 Å². The molecule has 0 aliphatic heterocycles. The third-order valence-electron chi connectivity index (χ3n) is 3.20. The highest BCUT2D eigenvalue weighted by Crippen LogP contribution is 2.16. The minimum absolute atomic E-state index is 0.128. The highest BCUT2D eigenvalue weighted by atomic mass is 35.5. The van der Waals surface area contributed by atoms with Crippen molar-refractivity contribution in [2.24, 2.45) is 4.99 Å². The van der Waals surface area contributed by atoms with E-state index in [1.165, 1.54) is 7.05 Å². The first kappa shape index (κ1) is 20.1. The average Bonchev–Trinajstić information content (AvgIpc) is 2.49. The number of nitrogens with one attached hydrogen (secondary N) is 2. The fraction of sp³-hybridized carbons (Fsp3) is 0.467. The van der Waals surface area contributed by atoms with Crippen LogP contribution in [0.2, 0.25) is 5.02 Å². The molecule has 0 aliphatic carbocycles. The Bertz CT molecular complexity index is 575. The lowest BCUT2D eigenvalue weighted by Gasteiger charge is -2.21. The molecule has 5 nitrogen and oxygen atoms in total. The van der Waals surface area contributed by atoms with Gasteiger partial charge in [0.1, 0.15) is 6.54 Å². The van der Waals surface area contributed by atoms with Crippen LogP contribution in [-0.4, -0.2) is 50.1 Å². The summed E-state index contributed by atoms with van der Waals surface area (Å²) in [5.74, 6) is -0.374. The lowest BCUT2D eigenvalue weighted by Crippen LogP contribution is -2.46. The smallest absolute Gasteiger partial charge is 0.350 e. The van der Waals surface area contributed by atoms with E-state index in [0.717, 1.165) is 12.6 Å². The van der Waals surface area contributed by atoms with Crippen molar-refractivity contribution in [2.45, 2.75) is 19.1 Å². The molecule has 2 N–H and O–H groups in total. The van der Waals surface area contributed by atoms with Gasteiger partial charge < -0.3 is 15.5 Å². The summed E-state index contributed by atoms with van der Waals surface area (Å²) >= 11 is 5.83. The zero-order valence-electron chi connectivity index (χ0n) is 13.6. The second-order valence-electron chi connectivity index (χ2n) is 5.21. The molecule has 0 saturated carbocycles. The average molecular weight is 365 g/mol. The fourth-order valence-electron chi connectivity index (χ4n) is 1.89. The lowest BCUT2D eigenvalue weighted by molar-refractivity contribution is -0.157. The number of halogens is 4. The molecule has 0 radical (unpaired) electrons. The molecular formula is C15H20ClF3N4O. The molecule has 0 saturated heterocycles. The van der Waals surface area contributed by atoms with Crippen molar-refractivity contribution in [3.63, 3.8) is 0 Å². The second-order valence-corrected chi connectivity index (χ2v) is 5.64. The summed E-state index contributed by atoms with van der Waals surface area (Å²) in [6, 6.07) is 7.06. The van der Waals surface area contributed by atoms with Gasteiger partial charge in [0.15, 0.2) is 5.96 Å². The summed E-state index contributed by atoms with van der Waals surface area (Å²) in [5, 5.41) is 6.37. The van der Waals surface area contributed by atoms with E-state index in [0.29, 0.717) is 15.9 Å². The summed E-state index contributed by atoms with van der Waals surface area (Å²) < 4.78 is 36.8. The molecule has 1 amide bonds. The number of hydrogen-bond acceptors (Lipinski definition) is 2. The van der Waals surface area contributed by atoms with Crippen LogP contribution in [0.1, 0.15) is 18.5 Å². The monoisotopic (exact) mass is 364 g/mol. The molecule has 0 aromatic heterocycles. The van der Waals surface area contributed by atoms with Crippen LogP contribution in [0.4, 0.5) is 13.2 Å². The van der Waals surface area contributed by atoms with E-state index >= 15 is 0 Å². The predicted molar refractivity (Wildman–Crippen MR) is 88.1 cm³/mol. The Kier molecular flexibility index (Phi) is 7.34. The fourth-order valence-corrected chi connectivity index (χ4v) is 2.01. The number of hydrogen-bond donors (Lipinski definition) is 2. The maximum Gasteiger partial charge on any atom is 0.406 e.